The van der Waals surface area contributed by atoms with Crippen molar-refractivity contribution in [2.45, 2.75) is 0 Å². The van der Waals surface area contributed by atoms with Gasteiger partial charge in [0.15, 0.2) is 0 Å². The summed E-state index contributed by atoms with van der Waals surface area (Å²) in [6.07, 6.45) is 0. The Kier molecular flexibility index (Phi) is 4.17. The summed E-state index contributed by atoms with van der Waals surface area (Å²) in [4.78, 5) is 37.6. The minimum Gasteiger partial charge on any atom is -0.403 e. The first kappa shape index (κ1) is 16.9. The maximum absolute atomic E-state index is 12.3. The highest BCUT2D eigenvalue weighted by atomic mass is 35.5. The lowest BCUT2D eigenvalue weighted by atomic mass is 10.1. The topological polar surface area (TPSA) is 105 Å². The maximum Gasteiger partial charge on any atom is 0.322 e. The van der Waals surface area contributed by atoms with Crippen molar-refractivity contribution in [1.82, 2.24) is 15.1 Å². The molecule has 0 bridgehead atoms. The number of carbonyl (C=O) groups excluding carboxylic acids is 3. The number of benzene rings is 2. The van der Waals surface area contributed by atoms with E-state index in [9.17, 15) is 14.4 Å². The predicted octanol–water partition coefficient (Wildman–Crippen LogP) is 2.62. The van der Waals surface area contributed by atoms with E-state index in [1.807, 2.05) is 0 Å². The second kappa shape index (κ2) is 6.65. The maximum atomic E-state index is 12.3. The van der Waals surface area contributed by atoms with Crippen LogP contribution in [0.4, 0.5) is 6.01 Å². The number of hydrogen-bond donors (Lipinski definition) is 1. The number of anilines is 1. The molecule has 1 aliphatic heterocycles. The molecule has 2 heterocycles. The van der Waals surface area contributed by atoms with Crippen molar-refractivity contribution in [3.05, 3.63) is 64.7 Å². The van der Waals surface area contributed by atoms with Crippen LogP contribution < -0.4 is 5.32 Å². The second-order valence-electron chi connectivity index (χ2n) is 5.71. The molecule has 27 heavy (non-hydrogen) atoms. The molecule has 1 aliphatic rings. The third-order valence-corrected chi connectivity index (χ3v) is 4.19. The Morgan fingerprint density at radius 3 is 2.26 bits per heavy atom. The van der Waals surface area contributed by atoms with Crippen LogP contribution in [0.2, 0.25) is 5.02 Å². The van der Waals surface area contributed by atoms with E-state index < -0.39 is 24.3 Å². The molecular formula is C18H11ClN4O4. The quantitative estimate of drug-likeness (QED) is 0.695. The van der Waals surface area contributed by atoms with E-state index in [-0.39, 0.29) is 23.0 Å². The van der Waals surface area contributed by atoms with Crippen LogP contribution >= 0.6 is 11.6 Å². The van der Waals surface area contributed by atoms with Crippen LogP contribution in [0.1, 0.15) is 20.7 Å². The van der Waals surface area contributed by atoms with Gasteiger partial charge in [0.1, 0.15) is 6.54 Å². The Bertz CT molecular complexity index is 1030. The Labute approximate surface area is 157 Å². The van der Waals surface area contributed by atoms with Crippen molar-refractivity contribution < 1.29 is 18.8 Å². The molecule has 4 rings (SSSR count). The number of imide groups is 1. The van der Waals surface area contributed by atoms with Crippen molar-refractivity contribution in [3.8, 4) is 11.5 Å². The molecule has 1 aromatic heterocycles. The number of nitrogens with zero attached hydrogens (tertiary/aromatic N) is 3. The average Bonchev–Trinajstić information content (AvgIpc) is 3.22. The lowest BCUT2D eigenvalue weighted by Gasteiger charge is -2.12. The van der Waals surface area contributed by atoms with Crippen LogP contribution in [-0.2, 0) is 4.79 Å². The molecule has 134 valence electrons. The van der Waals surface area contributed by atoms with Crippen LogP contribution in [0.15, 0.2) is 52.9 Å². The molecule has 0 unspecified atom stereocenters. The monoisotopic (exact) mass is 382 g/mol. The van der Waals surface area contributed by atoms with Crippen LogP contribution in [0.25, 0.3) is 11.5 Å². The number of nitrogens with one attached hydrogen (secondary N) is 1. The Morgan fingerprint density at radius 1 is 1.00 bits per heavy atom. The third kappa shape index (κ3) is 3.18. The molecule has 8 nitrogen and oxygen atoms in total. The minimum absolute atomic E-state index is 0.137. The van der Waals surface area contributed by atoms with Crippen molar-refractivity contribution in [1.29, 1.82) is 0 Å². The first-order valence-electron chi connectivity index (χ1n) is 7.87. The largest absolute Gasteiger partial charge is 0.403 e. The highest BCUT2D eigenvalue weighted by Crippen LogP contribution is 2.23. The molecule has 0 aliphatic carbocycles. The van der Waals surface area contributed by atoms with Gasteiger partial charge in [-0.25, -0.2) is 0 Å². The van der Waals surface area contributed by atoms with Gasteiger partial charge in [0, 0.05) is 10.6 Å². The molecule has 3 amide bonds. The molecule has 3 aromatic rings. The van der Waals surface area contributed by atoms with Crippen LogP contribution in [0.5, 0.6) is 0 Å². The molecule has 0 atom stereocenters. The van der Waals surface area contributed by atoms with Crippen LogP contribution in [0, 0.1) is 0 Å². The molecule has 9 heteroatoms. The van der Waals surface area contributed by atoms with E-state index in [2.05, 4.69) is 15.5 Å². The number of carbonyl (C=O) groups is 3. The van der Waals surface area contributed by atoms with Gasteiger partial charge in [-0.05, 0) is 36.4 Å². The number of halogens is 1. The lowest BCUT2D eigenvalue weighted by molar-refractivity contribution is -0.116. The SMILES string of the molecule is O=C(CN1C(=O)c2ccccc2C1=O)Nc1nnc(-c2ccc(Cl)cc2)o1. The zero-order valence-corrected chi connectivity index (χ0v) is 14.4. The van der Waals surface area contributed by atoms with Gasteiger partial charge in [-0.1, -0.05) is 28.8 Å². The second-order valence-corrected chi connectivity index (χ2v) is 6.15. The van der Waals surface area contributed by atoms with Crippen molar-refractivity contribution >= 4 is 35.3 Å². The van der Waals surface area contributed by atoms with Crippen molar-refractivity contribution in [2.24, 2.45) is 0 Å². The molecular weight excluding hydrogens is 372 g/mol. The summed E-state index contributed by atoms with van der Waals surface area (Å²) in [6, 6.07) is 13.0. The standard InChI is InChI=1S/C18H11ClN4O4/c19-11-7-5-10(6-8-11)15-21-22-18(27-15)20-14(24)9-23-16(25)12-3-1-2-4-13(12)17(23)26/h1-8H,9H2,(H,20,22,24). The van der Waals surface area contributed by atoms with Gasteiger partial charge in [0.05, 0.1) is 11.1 Å². The van der Waals surface area contributed by atoms with Gasteiger partial charge in [-0.3, -0.25) is 24.6 Å². The van der Waals surface area contributed by atoms with E-state index in [4.69, 9.17) is 16.0 Å². The van der Waals surface area contributed by atoms with Gasteiger partial charge >= 0.3 is 6.01 Å². The molecule has 0 spiro atoms. The first-order chi connectivity index (χ1) is 13.0. The molecule has 0 saturated carbocycles. The summed E-state index contributed by atoms with van der Waals surface area (Å²) in [7, 11) is 0. The van der Waals surface area contributed by atoms with E-state index in [0.29, 0.717) is 10.6 Å². The van der Waals surface area contributed by atoms with Gasteiger partial charge < -0.3 is 4.42 Å². The lowest BCUT2D eigenvalue weighted by Crippen LogP contribution is -2.37. The average molecular weight is 383 g/mol. The Balaban J connectivity index is 1.44. The Hall–Kier alpha value is -3.52. The van der Waals surface area contributed by atoms with E-state index in [0.717, 1.165) is 4.90 Å². The number of amides is 3. The molecule has 0 radical (unpaired) electrons. The predicted molar refractivity (Wildman–Crippen MR) is 95.2 cm³/mol. The summed E-state index contributed by atoms with van der Waals surface area (Å²) in [5.74, 6) is -1.46. The zero-order valence-electron chi connectivity index (χ0n) is 13.7. The summed E-state index contributed by atoms with van der Waals surface area (Å²) >= 11 is 5.83. The summed E-state index contributed by atoms with van der Waals surface area (Å²) in [5.41, 5.74) is 1.18. The normalized spacial score (nSPS) is 13.0. The van der Waals surface area contributed by atoms with E-state index in [1.165, 1.54) is 0 Å². The van der Waals surface area contributed by atoms with Gasteiger partial charge in [-0.2, -0.15) is 0 Å². The highest BCUT2D eigenvalue weighted by molar-refractivity contribution is 6.30. The zero-order chi connectivity index (χ0) is 19.0. The van der Waals surface area contributed by atoms with Gasteiger partial charge in [0.25, 0.3) is 11.8 Å². The smallest absolute Gasteiger partial charge is 0.322 e. The summed E-state index contributed by atoms with van der Waals surface area (Å²) in [5, 5.41) is 10.5. The molecule has 2 aromatic carbocycles. The first-order valence-corrected chi connectivity index (χ1v) is 8.25. The molecule has 1 N–H and O–H groups in total. The van der Waals surface area contributed by atoms with E-state index in [1.54, 1.807) is 48.5 Å². The number of rotatable bonds is 4. The minimum atomic E-state index is -0.629. The number of hydrogen-bond acceptors (Lipinski definition) is 6. The van der Waals surface area contributed by atoms with Crippen molar-refractivity contribution in [2.75, 3.05) is 11.9 Å². The van der Waals surface area contributed by atoms with E-state index >= 15 is 0 Å². The van der Waals surface area contributed by atoms with Gasteiger partial charge in [0.2, 0.25) is 11.8 Å². The molecule has 0 fully saturated rings. The summed E-state index contributed by atoms with van der Waals surface area (Å²) in [6.45, 7) is -0.453. The summed E-state index contributed by atoms with van der Waals surface area (Å²) < 4.78 is 5.37. The molecule has 0 saturated heterocycles. The number of aromatic nitrogens is 2. The van der Waals surface area contributed by atoms with Gasteiger partial charge in [-0.15, -0.1) is 5.10 Å². The fraction of sp³-hybridized carbons (Fsp3) is 0.0556. The fourth-order valence-electron chi connectivity index (χ4n) is 2.67. The van der Waals surface area contributed by atoms with Crippen molar-refractivity contribution in [3.63, 3.8) is 0 Å². The van der Waals surface area contributed by atoms with Crippen LogP contribution in [-0.4, -0.2) is 39.4 Å². The Morgan fingerprint density at radius 2 is 1.63 bits per heavy atom. The number of fused-ring (bicyclic) bond motifs is 1. The highest BCUT2D eigenvalue weighted by Gasteiger charge is 2.36. The third-order valence-electron chi connectivity index (χ3n) is 3.94. The fourth-order valence-corrected chi connectivity index (χ4v) is 2.79. The van der Waals surface area contributed by atoms with Crippen LogP contribution in [0.3, 0.4) is 0 Å².